The predicted molar refractivity (Wildman–Crippen MR) is 97.0 cm³/mol. The summed E-state index contributed by atoms with van der Waals surface area (Å²) in [5.41, 5.74) is 1.81. The fraction of sp³-hybridized carbons (Fsp3) is 0.684. The highest BCUT2D eigenvalue weighted by Gasteiger charge is 2.44. The summed E-state index contributed by atoms with van der Waals surface area (Å²) in [6, 6.07) is 11.0. The molecule has 4 heteroatoms. The number of rotatable bonds is 6. The van der Waals surface area contributed by atoms with E-state index in [0.717, 1.165) is 31.6 Å². The Bertz CT molecular complexity index is 499. The van der Waals surface area contributed by atoms with Gasteiger partial charge in [0.05, 0.1) is 18.8 Å². The molecule has 0 aliphatic carbocycles. The Balaban J connectivity index is 1.24. The molecule has 0 amide bonds. The van der Waals surface area contributed by atoms with E-state index in [0.29, 0.717) is 10.8 Å². The minimum absolute atomic E-state index is 0.304. The van der Waals surface area contributed by atoms with E-state index in [1.807, 2.05) is 0 Å². The molecule has 2 unspecified atom stereocenters. The van der Waals surface area contributed by atoms with Gasteiger partial charge in [0.25, 0.3) is 0 Å². The first-order valence-electron chi connectivity index (χ1n) is 9.10. The molecule has 1 aromatic carbocycles. The van der Waals surface area contributed by atoms with Crippen molar-refractivity contribution in [1.82, 2.24) is 10.2 Å². The highest BCUT2D eigenvalue weighted by molar-refractivity contribution is 8.00. The number of ether oxygens (including phenoxy) is 1. The largest absolute Gasteiger partial charge is 0.377 e. The Morgan fingerprint density at radius 2 is 1.91 bits per heavy atom. The van der Waals surface area contributed by atoms with Crippen LogP contribution in [0.15, 0.2) is 30.3 Å². The molecule has 0 aromatic heterocycles. The van der Waals surface area contributed by atoms with E-state index < -0.39 is 0 Å². The number of nitrogens with zero attached hydrogens (tertiary/aromatic N) is 1. The lowest BCUT2D eigenvalue weighted by atomic mass is 9.95. The molecule has 3 heterocycles. The zero-order chi connectivity index (χ0) is 15.5. The fourth-order valence-corrected chi connectivity index (χ4v) is 5.70. The van der Waals surface area contributed by atoms with Crippen molar-refractivity contribution in [3.05, 3.63) is 35.9 Å². The average molecular weight is 333 g/mol. The minimum atomic E-state index is 0.304. The van der Waals surface area contributed by atoms with Crippen molar-refractivity contribution in [2.75, 3.05) is 39.4 Å². The third-order valence-corrected chi connectivity index (χ3v) is 7.25. The molecule has 23 heavy (non-hydrogen) atoms. The minimum Gasteiger partial charge on any atom is -0.377 e. The van der Waals surface area contributed by atoms with E-state index >= 15 is 0 Å². The first kappa shape index (κ1) is 15.9. The Kier molecular flexibility index (Phi) is 4.95. The van der Waals surface area contributed by atoms with Crippen LogP contribution in [0.25, 0.3) is 0 Å². The van der Waals surface area contributed by atoms with Gasteiger partial charge in [-0.1, -0.05) is 30.3 Å². The maximum atomic E-state index is 5.56. The van der Waals surface area contributed by atoms with Gasteiger partial charge in [-0.15, -0.1) is 11.8 Å². The molecule has 3 aliphatic rings. The smallest absolute Gasteiger partial charge is 0.0804 e. The average Bonchev–Trinajstić information content (AvgIpc) is 3.23. The normalized spacial score (nSPS) is 30.4. The van der Waals surface area contributed by atoms with Crippen molar-refractivity contribution < 1.29 is 4.74 Å². The van der Waals surface area contributed by atoms with Gasteiger partial charge in [0.2, 0.25) is 0 Å². The second-order valence-corrected chi connectivity index (χ2v) is 8.78. The Labute approximate surface area is 144 Å². The maximum Gasteiger partial charge on any atom is 0.0804 e. The van der Waals surface area contributed by atoms with Crippen molar-refractivity contribution in [2.45, 2.75) is 41.7 Å². The van der Waals surface area contributed by atoms with Crippen LogP contribution in [0, 0.1) is 0 Å². The predicted octanol–water partition coefficient (Wildman–Crippen LogP) is 3.08. The molecule has 0 bridgehead atoms. The second-order valence-electron chi connectivity index (χ2n) is 7.28. The molecule has 126 valence electrons. The van der Waals surface area contributed by atoms with Crippen LogP contribution in [0.4, 0.5) is 0 Å². The summed E-state index contributed by atoms with van der Waals surface area (Å²) < 4.78 is 5.56. The Morgan fingerprint density at radius 3 is 2.61 bits per heavy atom. The van der Waals surface area contributed by atoms with Gasteiger partial charge in [0.15, 0.2) is 0 Å². The monoisotopic (exact) mass is 332 g/mol. The van der Waals surface area contributed by atoms with E-state index in [1.54, 1.807) is 0 Å². The topological polar surface area (TPSA) is 24.5 Å². The van der Waals surface area contributed by atoms with Crippen LogP contribution in [-0.2, 0) is 4.74 Å². The third-order valence-electron chi connectivity index (χ3n) is 5.62. The zero-order valence-corrected chi connectivity index (χ0v) is 14.7. The van der Waals surface area contributed by atoms with Crippen molar-refractivity contribution in [3.8, 4) is 0 Å². The van der Waals surface area contributed by atoms with Crippen LogP contribution in [0.5, 0.6) is 0 Å². The third kappa shape index (κ3) is 3.46. The van der Waals surface area contributed by atoms with E-state index in [1.165, 1.54) is 44.3 Å². The Morgan fingerprint density at radius 1 is 1.13 bits per heavy atom. The van der Waals surface area contributed by atoms with Gasteiger partial charge in [-0.05, 0) is 44.3 Å². The lowest BCUT2D eigenvalue weighted by molar-refractivity contribution is -0.131. The van der Waals surface area contributed by atoms with E-state index in [2.05, 4.69) is 52.3 Å². The van der Waals surface area contributed by atoms with Gasteiger partial charge in [0.1, 0.15) is 0 Å². The second kappa shape index (κ2) is 7.14. The molecule has 3 fully saturated rings. The van der Waals surface area contributed by atoms with Gasteiger partial charge >= 0.3 is 0 Å². The molecule has 4 rings (SSSR count). The summed E-state index contributed by atoms with van der Waals surface area (Å²) in [6.07, 6.45) is 5.38. The molecule has 1 N–H and O–H groups in total. The first-order chi connectivity index (χ1) is 11.4. The number of hydrogen-bond donors (Lipinski definition) is 1. The molecule has 3 saturated heterocycles. The standard InChI is InChI=1S/C19H28N2OS/c1-2-6-16(7-3-1)18-9-8-17(23-18)12-20-13-19(14-22-15-19)21-10-4-5-11-21/h1-3,6-7,17-18,20H,4-5,8-15H2. The quantitative estimate of drug-likeness (QED) is 0.865. The van der Waals surface area contributed by atoms with Crippen LogP contribution < -0.4 is 5.32 Å². The number of nitrogens with one attached hydrogen (secondary N) is 1. The van der Waals surface area contributed by atoms with Crippen LogP contribution in [0.1, 0.15) is 36.5 Å². The van der Waals surface area contributed by atoms with Gasteiger partial charge in [-0.3, -0.25) is 4.90 Å². The molecule has 3 nitrogen and oxygen atoms in total. The summed E-state index contributed by atoms with van der Waals surface area (Å²) in [5.74, 6) is 0. The van der Waals surface area contributed by atoms with E-state index in [-0.39, 0.29) is 0 Å². The summed E-state index contributed by atoms with van der Waals surface area (Å²) >= 11 is 2.16. The zero-order valence-electron chi connectivity index (χ0n) is 13.9. The first-order valence-corrected chi connectivity index (χ1v) is 10.0. The Hall–Kier alpha value is -0.550. The van der Waals surface area contributed by atoms with Crippen molar-refractivity contribution in [1.29, 1.82) is 0 Å². The van der Waals surface area contributed by atoms with E-state index in [9.17, 15) is 0 Å². The summed E-state index contributed by atoms with van der Waals surface area (Å²) in [5, 5.41) is 5.23. The van der Waals surface area contributed by atoms with Crippen molar-refractivity contribution >= 4 is 11.8 Å². The molecule has 1 aromatic rings. The maximum absolute atomic E-state index is 5.56. The molecule has 0 radical (unpaired) electrons. The van der Waals surface area contributed by atoms with Crippen molar-refractivity contribution in [3.63, 3.8) is 0 Å². The number of hydrogen-bond acceptors (Lipinski definition) is 4. The van der Waals surface area contributed by atoms with Crippen LogP contribution in [0.2, 0.25) is 0 Å². The molecule has 0 spiro atoms. The van der Waals surface area contributed by atoms with Crippen LogP contribution in [0.3, 0.4) is 0 Å². The molecular weight excluding hydrogens is 304 g/mol. The lowest BCUT2D eigenvalue weighted by Crippen LogP contribution is -2.66. The van der Waals surface area contributed by atoms with Gasteiger partial charge in [0, 0.05) is 23.6 Å². The SMILES string of the molecule is c1ccc(C2CCC(CNCC3(N4CCCC4)COC3)S2)cc1. The van der Waals surface area contributed by atoms with Gasteiger partial charge < -0.3 is 10.1 Å². The molecule has 2 atom stereocenters. The number of likely N-dealkylation sites (tertiary alicyclic amines) is 1. The lowest BCUT2D eigenvalue weighted by Gasteiger charge is -2.48. The molecular formula is C19H28N2OS. The van der Waals surface area contributed by atoms with Crippen LogP contribution >= 0.6 is 11.8 Å². The summed E-state index contributed by atoms with van der Waals surface area (Å²) in [4.78, 5) is 2.66. The summed E-state index contributed by atoms with van der Waals surface area (Å²) in [6.45, 7) is 6.61. The molecule has 3 aliphatic heterocycles. The number of benzene rings is 1. The fourth-order valence-electron chi connectivity index (χ4n) is 4.16. The number of thioether (sulfide) groups is 1. The van der Waals surface area contributed by atoms with Crippen LogP contribution in [-0.4, -0.2) is 55.1 Å². The molecule has 0 saturated carbocycles. The van der Waals surface area contributed by atoms with Crippen molar-refractivity contribution in [2.24, 2.45) is 0 Å². The highest BCUT2D eigenvalue weighted by Crippen LogP contribution is 2.44. The summed E-state index contributed by atoms with van der Waals surface area (Å²) in [7, 11) is 0. The van der Waals surface area contributed by atoms with E-state index in [4.69, 9.17) is 4.74 Å². The van der Waals surface area contributed by atoms with Gasteiger partial charge in [-0.2, -0.15) is 0 Å². The van der Waals surface area contributed by atoms with Gasteiger partial charge in [-0.25, -0.2) is 0 Å². The highest BCUT2D eigenvalue weighted by atomic mass is 32.2.